The Morgan fingerprint density at radius 2 is 1.70 bits per heavy atom. The second-order valence-corrected chi connectivity index (χ2v) is 11.0. The minimum atomic E-state index is -0.663. The highest BCUT2D eigenvalue weighted by Gasteiger charge is 2.50. The van der Waals surface area contributed by atoms with Crippen molar-refractivity contribution < 1.29 is 10.2 Å². The van der Waals surface area contributed by atoms with Crippen LogP contribution in [0, 0.1) is 35.0 Å². The van der Waals surface area contributed by atoms with E-state index in [0.29, 0.717) is 41.9 Å². The molecular formula is C28H44O2. The van der Waals surface area contributed by atoms with Crippen molar-refractivity contribution in [3.63, 3.8) is 0 Å². The van der Waals surface area contributed by atoms with Crippen molar-refractivity contribution in [1.29, 1.82) is 0 Å². The molecule has 2 nitrogen and oxygen atoms in total. The van der Waals surface area contributed by atoms with E-state index in [1.807, 2.05) is 0 Å². The Bertz CT molecular complexity index is 712. The molecule has 0 bridgehead atoms. The lowest BCUT2D eigenvalue weighted by molar-refractivity contribution is 0.0138. The lowest BCUT2D eigenvalue weighted by atomic mass is 9.61. The standard InChI is InChI=1S/C28H44O2/c1-18(2)19(3)9-10-20(4)24-13-14-25-22(8-7-15-28(24,25)6)11-12-23-17-27(30)26(29)16-21(23)5/h9-12,18-20,24-27,29-30H,5,7-8,13-17H2,1-4,6H3/b10-9+,22-11?,23-12?/t19-,20+,24+,25?,26+,27+,28+/m0/s1. The van der Waals surface area contributed by atoms with Crippen molar-refractivity contribution in [1.82, 2.24) is 0 Å². The summed E-state index contributed by atoms with van der Waals surface area (Å²) in [5.41, 5.74) is 4.08. The van der Waals surface area contributed by atoms with Crippen LogP contribution in [0.15, 0.2) is 47.6 Å². The van der Waals surface area contributed by atoms with Gasteiger partial charge in [-0.3, -0.25) is 0 Å². The maximum Gasteiger partial charge on any atom is 0.0842 e. The molecule has 0 aromatic heterocycles. The first-order valence-corrected chi connectivity index (χ1v) is 12.3. The molecule has 3 saturated carbocycles. The molecule has 0 amide bonds. The smallest absolute Gasteiger partial charge is 0.0842 e. The molecule has 0 spiro atoms. The quantitative estimate of drug-likeness (QED) is 0.499. The van der Waals surface area contributed by atoms with Crippen molar-refractivity contribution >= 4 is 0 Å². The summed E-state index contributed by atoms with van der Waals surface area (Å²) in [5.74, 6) is 3.42. The van der Waals surface area contributed by atoms with Crippen LogP contribution in [0.2, 0.25) is 0 Å². The molecule has 0 saturated heterocycles. The first-order chi connectivity index (χ1) is 14.1. The Morgan fingerprint density at radius 3 is 2.40 bits per heavy atom. The van der Waals surface area contributed by atoms with Crippen LogP contribution in [0.5, 0.6) is 0 Å². The summed E-state index contributed by atoms with van der Waals surface area (Å²) < 4.78 is 0. The van der Waals surface area contributed by atoms with Crippen LogP contribution in [0.1, 0.15) is 79.6 Å². The predicted molar refractivity (Wildman–Crippen MR) is 127 cm³/mol. The Hall–Kier alpha value is -1.12. The SMILES string of the molecule is C=C1C[C@@H](O)[C@H](O)CC1=CC=C1CCC[C@@]2(C)C1CC[C@@H]2[C@H](C)/C=C/[C@H](C)C(C)C. The first kappa shape index (κ1) is 23.5. The Morgan fingerprint density at radius 1 is 1.00 bits per heavy atom. The summed E-state index contributed by atoms with van der Waals surface area (Å²) >= 11 is 0. The third kappa shape index (κ3) is 4.86. The number of hydrogen-bond donors (Lipinski definition) is 2. The second-order valence-electron chi connectivity index (χ2n) is 11.0. The van der Waals surface area contributed by atoms with Gasteiger partial charge < -0.3 is 10.2 Å². The van der Waals surface area contributed by atoms with E-state index in [2.05, 4.69) is 65.5 Å². The van der Waals surface area contributed by atoms with E-state index in [1.165, 1.54) is 32.1 Å². The van der Waals surface area contributed by atoms with E-state index in [4.69, 9.17) is 0 Å². The number of fused-ring (bicyclic) bond motifs is 1. The normalized spacial score (nSPS) is 39.8. The van der Waals surface area contributed by atoms with E-state index in [9.17, 15) is 10.2 Å². The lowest BCUT2D eigenvalue weighted by Gasteiger charge is -2.44. The van der Waals surface area contributed by atoms with Crippen molar-refractivity contribution in [3.05, 3.63) is 47.6 Å². The zero-order valence-corrected chi connectivity index (χ0v) is 19.9. The molecule has 0 radical (unpaired) electrons. The summed E-state index contributed by atoms with van der Waals surface area (Å²) in [6.07, 6.45) is 15.6. The van der Waals surface area contributed by atoms with Gasteiger partial charge in [-0.2, -0.15) is 0 Å². The molecule has 3 aliphatic rings. The molecule has 0 aliphatic heterocycles. The average Bonchev–Trinajstić information content (AvgIpc) is 3.05. The van der Waals surface area contributed by atoms with E-state index >= 15 is 0 Å². The molecule has 0 aromatic carbocycles. The number of aliphatic hydroxyl groups is 2. The molecule has 3 rings (SSSR count). The van der Waals surface area contributed by atoms with E-state index < -0.39 is 12.2 Å². The van der Waals surface area contributed by atoms with Crippen LogP contribution in [0.25, 0.3) is 0 Å². The van der Waals surface area contributed by atoms with Gasteiger partial charge in [-0.15, -0.1) is 0 Å². The second kappa shape index (κ2) is 9.57. The molecule has 30 heavy (non-hydrogen) atoms. The topological polar surface area (TPSA) is 40.5 Å². The zero-order valence-electron chi connectivity index (χ0n) is 19.9. The van der Waals surface area contributed by atoms with Crippen molar-refractivity contribution in [2.75, 3.05) is 0 Å². The maximum absolute atomic E-state index is 10.1. The summed E-state index contributed by atoms with van der Waals surface area (Å²) in [6, 6.07) is 0. The van der Waals surface area contributed by atoms with E-state index in [0.717, 1.165) is 17.1 Å². The molecule has 2 N–H and O–H groups in total. The van der Waals surface area contributed by atoms with Crippen molar-refractivity contribution in [2.45, 2.75) is 91.8 Å². The minimum absolute atomic E-state index is 0.396. The summed E-state index contributed by atoms with van der Waals surface area (Å²) in [5, 5.41) is 19.9. The number of rotatable bonds is 5. The van der Waals surface area contributed by atoms with Gasteiger partial charge in [0.1, 0.15) is 0 Å². The average molecular weight is 413 g/mol. The van der Waals surface area contributed by atoms with Gasteiger partial charge in [0.25, 0.3) is 0 Å². The summed E-state index contributed by atoms with van der Waals surface area (Å²) in [7, 11) is 0. The van der Waals surface area contributed by atoms with Crippen LogP contribution in [0.3, 0.4) is 0 Å². The van der Waals surface area contributed by atoms with Crippen LogP contribution < -0.4 is 0 Å². The molecular weight excluding hydrogens is 368 g/mol. The van der Waals surface area contributed by atoms with Gasteiger partial charge in [0.05, 0.1) is 12.2 Å². The predicted octanol–water partition coefficient (Wildman–Crippen LogP) is 6.61. The monoisotopic (exact) mass is 412 g/mol. The third-order valence-corrected chi connectivity index (χ3v) is 8.72. The lowest BCUT2D eigenvalue weighted by Crippen LogP contribution is -2.35. The minimum Gasteiger partial charge on any atom is -0.390 e. The van der Waals surface area contributed by atoms with Crippen molar-refractivity contribution in [3.8, 4) is 0 Å². The Balaban J connectivity index is 1.75. The molecule has 1 unspecified atom stereocenters. The molecule has 3 fully saturated rings. The van der Waals surface area contributed by atoms with E-state index in [1.54, 1.807) is 5.57 Å². The molecule has 2 heteroatoms. The maximum atomic E-state index is 10.1. The molecule has 0 aromatic rings. The molecule has 3 aliphatic carbocycles. The van der Waals surface area contributed by atoms with Gasteiger partial charge in [0.15, 0.2) is 0 Å². The fourth-order valence-electron chi connectivity index (χ4n) is 6.27. The van der Waals surface area contributed by atoms with Crippen molar-refractivity contribution in [2.24, 2.45) is 35.0 Å². The molecule has 168 valence electrons. The fraction of sp³-hybridized carbons (Fsp3) is 0.714. The largest absolute Gasteiger partial charge is 0.390 e. The number of allylic oxidation sites excluding steroid dienone is 5. The van der Waals surface area contributed by atoms with Gasteiger partial charge in [0.2, 0.25) is 0 Å². The van der Waals surface area contributed by atoms with Gasteiger partial charge in [-0.1, -0.05) is 71.1 Å². The fourth-order valence-corrected chi connectivity index (χ4v) is 6.27. The van der Waals surface area contributed by atoms with Crippen LogP contribution >= 0.6 is 0 Å². The zero-order chi connectivity index (χ0) is 22.1. The Kier molecular flexibility index (Phi) is 7.51. The highest BCUT2D eigenvalue weighted by atomic mass is 16.3. The van der Waals surface area contributed by atoms with Gasteiger partial charge in [0, 0.05) is 12.8 Å². The summed E-state index contributed by atoms with van der Waals surface area (Å²) in [4.78, 5) is 0. The Labute approximate surface area is 184 Å². The van der Waals surface area contributed by atoms with Crippen LogP contribution in [-0.2, 0) is 0 Å². The van der Waals surface area contributed by atoms with Gasteiger partial charge >= 0.3 is 0 Å². The van der Waals surface area contributed by atoms with Gasteiger partial charge in [-0.25, -0.2) is 0 Å². The first-order valence-electron chi connectivity index (χ1n) is 12.3. The van der Waals surface area contributed by atoms with Crippen LogP contribution in [0.4, 0.5) is 0 Å². The van der Waals surface area contributed by atoms with Gasteiger partial charge in [-0.05, 0) is 78.3 Å². The highest BCUT2D eigenvalue weighted by molar-refractivity contribution is 5.37. The highest BCUT2D eigenvalue weighted by Crippen LogP contribution is 2.59. The number of hydrogen-bond acceptors (Lipinski definition) is 2. The van der Waals surface area contributed by atoms with E-state index in [-0.39, 0.29) is 0 Å². The third-order valence-electron chi connectivity index (χ3n) is 8.72. The summed E-state index contributed by atoms with van der Waals surface area (Å²) in [6.45, 7) is 16.0. The molecule has 0 heterocycles. The van der Waals surface area contributed by atoms with Crippen LogP contribution in [-0.4, -0.2) is 22.4 Å². The number of aliphatic hydroxyl groups excluding tert-OH is 2. The molecule has 7 atom stereocenters.